The molecule has 0 amide bonds. The van der Waals surface area contributed by atoms with E-state index in [9.17, 15) is 0 Å². The number of pyridine rings is 1. The second-order valence-electron chi connectivity index (χ2n) is 6.79. The Morgan fingerprint density at radius 3 is 2.96 bits per heavy atom. The van der Waals surface area contributed by atoms with E-state index >= 15 is 0 Å². The van der Waals surface area contributed by atoms with Gasteiger partial charge < -0.3 is 19.2 Å². The van der Waals surface area contributed by atoms with Gasteiger partial charge in [0.1, 0.15) is 11.8 Å². The van der Waals surface area contributed by atoms with E-state index in [4.69, 9.17) is 19.2 Å². The monoisotopic (exact) mass is 328 g/mol. The molecule has 3 aromatic heterocycles. The van der Waals surface area contributed by atoms with E-state index in [2.05, 4.69) is 29.9 Å². The van der Waals surface area contributed by atoms with E-state index in [1.165, 1.54) is 6.33 Å². The summed E-state index contributed by atoms with van der Waals surface area (Å²) in [5.74, 6) is 0.654. The van der Waals surface area contributed by atoms with Crippen LogP contribution in [-0.2, 0) is 17.8 Å². The molecule has 4 heterocycles. The number of aliphatic hydroxyl groups is 1. The lowest BCUT2D eigenvalue weighted by Crippen LogP contribution is -2.32. The summed E-state index contributed by atoms with van der Waals surface area (Å²) in [7, 11) is 1.86. The van der Waals surface area contributed by atoms with Crippen molar-refractivity contribution >= 4 is 28.0 Å². The highest BCUT2D eigenvalue weighted by atomic mass is 16.5. The SMILES string of the molecule is CN(CCO)c1ncnc2c1oc1nc3c(cc12)COC(C)(C)C3. The zero-order valence-electron chi connectivity index (χ0n) is 14.0. The lowest BCUT2D eigenvalue weighted by atomic mass is 9.95. The lowest BCUT2D eigenvalue weighted by Gasteiger charge is -2.30. The molecule has 126 valence electrons. The number of likely N-dealkylation sites (N-methyl/N-ethyl adjacent to an activating group) is 1. The predicted molar refractivity (Wildman–Crippen MR) is 90.0 cm³/mol. The average Bonchev–Trinajstić information content (AvgIpc) is 2.89. The van der Waals surface area contributed by atoms with Gasteiger partial charge in [0.15, 0.2) is 11.4 Å². The van der Waals surface area contributed by atoms with Crippen molar-refractivity contribution in [1.82, 2.24) is 15.0 Å². The van der Waals surface area contributed by atoms with Gasteiger partial charge >= 0.3 is 0 Å². The first-order valence-corrected chi connectivity index (χ1v) is 8.00. The van der Waals surface area contributed by atoms with Crippen LogP contribution in [0.25, 0.3) is 22.2 Å². The molecule has 0 aromatic carbocycles. The van der Waals surface area contributed by atoms with Crippen molar-refractivity contribution in [3.05, 3.63) is 23.7 Å². The maximum atomic E-state index is 9.16. The zero-order chi connectivity index (χ0) is 16.9. The van der Waals surface area contributed by atoms with Crippen LogP contribution in [0.15, 0.2) is 16.8 Å². The number of fused-ring (bicyclic) bond motifs is 4. The van der Waals surface area contributed by atoms with Crippen molar-refractivity contribution in [3.8, 4) is 0 Å². The number of anilines is 1. The van der Waals surface area contributed by atoms with Crippen LogP contribution in [0.3, 0.4) is 0 Å². The number of hydrogen-bond acceptors (Lipinski definition) is 7. The average molecular weight is 328 g/mol. The summed E-state index contributed by atoms with van der Waals surface area (Å²) in [6.07, 6.45) is 2.26. The third-order valence-corrected chi connectivity index (χ3v) is 4.40. The summed E-state index contributed by atoms with van der Waals surface area (Å²) in [6, 6.07) is 2.06. The van der Waals surface area contributed by atoms with Crippen molar-refractivity contribution in [2.24, 2.45) is 0 Å². The summed E-state index contributed by atoms with van der Waals surface area (Å²) in [4.78, 5) is 15.2. The predicted octanol–water partition coefficient (Wildman–Crippen LogP) is 2.05. The van der Waals surface area contributed by atoms with Crippen LogP contribution >= 0.6 is 0 Å². The molecule has 0 unspecified atom stereocenters. The Morgan fingerprint density at radius 1 is 1.33 bits per heavy atom. The molecular formula is C17H20N4O3. The van der Waals surface area contributed by atoms with Gasteiger partial charge in [-0.3, -0.25) is 0 Å². The first-order valence-electron chi connectivity index (χ1n) is 8.00. The summed E-state index contributed by atoms with van der Waals surface area (Å²) in [5, 5.41) is 10.0. The summed E-state index contributed by atoms with van der Waals surface area (Å²) in [6.45, 7) is 5.18. The van der Waals surface area contributed by atoms with Crippen LogP contribution in [0.5, 0.6) is 0 Å². The maximum Gasteiger partial charge on any atom is 0.229 e. The number of furan rings is 1. The zero-order valence-corrected chi connectivity index (χ0v) is 14.0. The molecule has 0 saturated carbocycles. The second-order valence-corrected chi connectivity index (χ2v) is 6.79. The van der Waals surface area contributed by atoms with Gasteiger partial charge in [0.2, 0.25) is 5.71 Å². The van der Waals surface area contributed by atoms with Crippen LogP contribution in [0.2, 0.25) is 0 Å². The molecule has 0 aliphatic carbocycles. The minimum atomic E-state index is -0.216. The number of aromatic nitrogens is 3. The fourth-order valence-electron chi connectivity index (χ4n) is 3.10. The van der Waals surface area contributed by atoms with Crippen LogP contribution in [0.4, 0.5) is 5.82 Å². The topological polar surface area (TPSA) is 84.5 Å². The summed E-state index contributed by atoms with van der Waals surface area (Å²) < 4.78 is 11.9. The van der Waals surface area contributed by atoms with E-state index < -0.39 is 0 Å². The molecule has 24 heavy (non-hydrogen) atoms. The van der Waals surface area contributed by atoms with Gasteiger partial charge in [-0.15, -0.1) is 0 Å². The summed E-state index contributed by atoms with van der Waals surface area (Å²) in [5.41, 5.74) is 3.77. The largest absolute Gasteiger partial charge is 0.432 e. The molecule has 7 heteroatoms. The summed E-state index contributed by atoms with van der Waals surface area (Å²) >= 11 is 0. The van der Waals surface area contributed by atoms with Crippen molar-refractivity contribution < 1.29 is 14.3 Å². The molecule has 0 bridgehead atoms. The molecule has 1 aliphatic heterocycles. The Kier molecular flexibility index (Phi) is 3.43. The molecule has 3 aromatic rings. The standard InChI is InChI=1S/C17H20N4O3/c1-17(2)7-12-10(8-23-17)6-11-13-14(24-16(11)20-12)15(19-9-18-13)21(3)4-5-22/h6,9,22H,4-5,7-8H2,1-3H3. The Morgan fingerprint density at radius 2 is 2.17 bits per heavy atom. The van der Waals surface area contributed by atoms with Gasteiger partial charge in [-0.25, -0.2) is 15.0 Å². The molecule has 1 aliphatic rings. The van der Waals surface area contributed by atoms with E-state index in [0.29, 0.717) is 30.3 Å². The molecule has 7 nitrogen and oxygen atoms in total. The molecule has 0 atom stereocenters. The highest BCUT2D eigenvalue weighted by molar-refractivity contribution is 6.04. The third-order valence-electron chi connectivity index (χ3n) is 4.40. The Bertz CT molecular complexity index is 919. The van der Waals surface area contributed by atoms with Crippen molar-refractivity contribution in [2.45, 2.75) is 32.5 Å². The van der Waals surface area contributed by atoms with Gasteiger partial charge in [-0.1, -0.05) is 0 Å². The van der Waals surface area contributed by atoms with Gasteiger partial charge in [-0.05, 0) is 19.9 Å². The fraction of sp³-hybridized carbons (Fsp3) is 0.471. The van der Waals surface area contributed by atoms with E-state index in [1.54, 1.807) is 0 Å². The van der Waals surface area contributed by atoms with Crippen LogP contribution in [-0.4, -0.2) is 45.9 Å². The number of ether oxygens (including phenoxy) is 1. The molecule has 4 rings (SSSR count). The van der Waals surface area contributed by atoms with Crippen molar-refractivity contribution in [1.29, 1.82) is 0 Å². The number of rotatable bonds is 3. The Labute approximate surface area is 139 Å². The van der Waals surface area contributed by atoms with Gasteiger partial charge in [0, 0.05) is 25.6 Å². The number of hydrogen-bond donors (Lipinski definition) is 1. The fourth-order valence-corrected chi connectivity index (χ4v) is 3.10. The van der Waals surface area contributed by atoms with Crippen LogP contribution in [0.1, 0.15) is 25.1 Å². The molecule has 1 N–H and O–H groups in total. The van der Waals surface area contributed by atoms with Crippen LogP contribution < -0.4 is 4.90 Å². The molecule has 0 spiro atoms. The third kappa shape index (κ3) is 2.40. The van der Waals surface area contributed by atoms with Gasteiger partial charge in [0.25, 0.3) is 0 Å². The van der Waals surface area contributed by atoms with Crippen molar-refractivity contribution in [3.63, 3.8) is 0 Å². The number of aliphatic hydroxyl groups excluding tert-OH is 1. The first kappa shape index (κ1) is 15.3. The van der Waals surface area contributed by atoms with E-state index in [0.717, 1.165) is 28.6 Å². The minimum Gasteiger partial charge on any atom is -0.432 e. The molecular weight excluding hydrogens is 308 g/mol. The maximum absolute atomic E-state index is 9.16. The first-order chi connectivity index (χ1) is 11.5. The van der Waals surface area contributed by atoms with Gasteiger partial charge in [-0.2, -0.15) is 0 Å². The molecule has 0 saturated heterocycles. The molecule has 0 radical (unpaired) electrons. The Hall–Kier alpha value is -2.25. The van der Waals surface area contributed by atoms with Gasteiger partial charge in [0.05, 0.1) is 29.9 Å². The lowest BCUT2D eigenvalue weighted by molar-refractivity contribution is -0.0411. The highest BCUT2D eigenvalue weighted by Crippen LogP contribution is 2.35. The van der Waals surface area contributed by atoms with Crippen molar-refractivity contribution in [2.75, 3.05) is 25.1 Å². The number of nitrogens with zero attached hydrogens (tertiary/aromatic N) is 4. The Balaban J connectivity index is 1.91. The van der Waals surface area contributed by atoms with E-state index in [-0.39, 0.29) is 12.2 Å². The normalized spacial score (nSPS) is 16.5. The quantitative estimate of drug-likeness (QED) is 0.787. The molecule has 0 fully saturated rings. The smallest absolute Gasteiger partial charge is 0.229 e. The van der Waals surface area contributed by atoms with Crippen LogP contribution in [0, 0.1) is 0 Å². The minimum absolute atomic E-state index is 0.0428. The second kappa shape index (κ2) is 5.39. The van der Waals surface area contributed by atoms with E-state index in [1.807, 2.05) is 11.9 Å². The highest BCUT2D eigenvalue weighted by Gasteiger charge is 2.28.